The third-order valence-electron chi connectivity index (χ3n) is 5.41. The van der Waals surface area contributed by atoms with Crippen LogP contribution in [-0.2, 0) is 16.4 Å². The molecule has 1 atom stereocenters. The number of aryl methyl sites for hydroxylation is 1. The summed E-state index contributed by atoms with van der Waals surface area (Å²) in [6.07, 6.45) is 5.55. The summed E-state index contributed by atoms with van der Waals surface area (Å²) in [4.78, 5) is 18.0. The standard InChI is InChI=1S/C20H30N4O3S/c1-15-17(18-8-3-4-9-19(18)23-15)11-12-21-20(25)24-14-6-5-7-16(24)10-13-22-28(2,26)27/h3-4,8-9,16,22-23H,5-7,10-14H2,1-2H3,(H,21,25). The van der Waals surface area contributed by atoms with E-state index in [0.29, 0.717) is 19.5 Å². The molecule has 1 fully saturated rings. The van der Waals surface area contributed by atoms with Gasteiger partial charge in [0.05, 0.1) is 6.26 Å². The summed E-state index contributed by atoms with van der Waals surface area (Å²) >= 11 is 0. The number of fused-ring (bicyclic) bond motifs is 1. The zero-order valence-corrected chi connectivity index (χ0v) is 17.4. The number of para-hydroxylation sites is 1. The SMILES string of the molecule is Cc1[nH]c2ccccc2c1CCNC(=O)N1CCCCC1CCNS(C)(=O)=O. The molecule has 1 aromatic carbocycles. The molecule has 1 aromatic heterocycles. The molecule has 0 radical (unpaired) electrons. The van der Waals surface area contributed by atoms with Crippen LogP contribution >= 0.6 is 0 Å². The van der Waals surface area contributed by atoms with Crippen molar-refractivity contribution in [2.45, 2.75) is 45.1 Å². The molecule has 2 aromatic rings. The number of hydrogen-bond acceptors (Lipinski definition) is 3. The normalized spacial score (nSPS) is 17.8. The maximum atomic E-state index is 12.7. The van der Waals surface area contributed by atoms with Crippen LogP contribution in [0, 0.1) is 6.92 Å². The van der Waals surface area contributed by atoms with Crippen molar-refractivity contribution in [3.8, 4) is 0 Å². The average Bonchev–Trinajstić information content (AvgIpc) is 2.96. The number of nitrogens with zero attached hydrogens (tertiary/aromatic N) is 1. The summed E-state index contributed by atoms with van der Waals surface area (Å²) in [5.74, 6) is 0. The van der Waals surface area contributed by atoms with Gasteiger partial charge in [-0.2, -0.15) is 0 Å². The van der Waals surface area contributed by atoms with Gasteiger partial charge in [0.25, 0.3) is 0 Å². The van der Waals surface area contributed by atoms with Gasteiger partial charge in [0.2, 0.25) is 10.0 Å². The predicted octanol–water partition coefficient (Wildman–Crippen LogP) is 2.52. The van der Waals surface area contributed by atoms with E-state index in [1.165, 1.54) is 10.9 Å². The second-order valence-electron chi connectivity index (χ2n) is 7.55. The van der Waals surface area contributed by atoms with Crippen LogP contribution in [0.2, 0.25) is 0 Å². The number of aromatic amines is 1. The number of aromatic nitrogens is 1. The summed E-state index contributed by atoms with van der Waals surface area (Å²) in [5.41, 5.74) is 3.50. The van der Waals surface area contributed by atoms with Crippen molar-refractivity contribution in [1.82, 2.24) is 19.9 Å². The number of piperidine rings is 1. The van der Waals surface area contributed by atoms with E-state index in [0.717, 1.165) is 49.7 Å². The Morgan fingerprint density at radius 2 is 2.04 bits per heavy atom. The van der Waals surface area contributed by atoms with Crippen molar-refractivity contribution in [2.24, 2.45) is 0 Å². The Kier molecular flexibility index (Phi) is 6.61. The third kappa shape index (κ3) is 5.26. The van der Waals surface area contributed by atoms with Crippen LogP contribution in [0.1, 0.15) is 36.9 Å². The van der Waals surface area contributed by atoms with Gasteiger partial charge in [-0.05, 0) is 50.7 Å². The number of amides is 2. The Bertz CT molecular complexity index is 923. The Hall–Kier alpha value is -2.06. The summed E-state index contributed by atoms with van der Waals surface area (Å²) in [6, 6.07) is 8.23. The monoisotopic (exact) mass is 406 g/mol. The van der Waals surface area contributed by atoms with E-state index in [-0.39, 0.29) is 12.1 Å². The van der Waals surface area contributed by atoms with E-state index in [2.05, 4.69) is 34.1 Å². The molecule has 28 heavy (non-hydrogen) atoms. The first-order chi connectivity index (χ1) is 13.3. The molecule has 1 unspecified atom stereocenters. The molecular weight excluding hydrogens is 376 g/mol. The van der Waals surface area contributed by atoms with Gasteiger partial charge in [-0.25, -0.2) is 17.9 Å². The van der Waals surface area contributed by atoms with Gasteiger partial charge in [-0.1, -0.05) is 18.2 Å². The van der Waals surface area contributed by atoms with Crippen molar-refractivity contribution in [1.29, 1.82) is 0 Å². The molecule has 7 nitrogen and oxygen atoms in total. The summed E-state index contributed by atoms with van der Waals surface area (Å²) in [6.45, 7) is 3.72. The molecule has 0 spiro atoms. The first-order valence-corrected chi connectivity index (χ1v) is 11.8. The highest BCUT2D eigenvalue weighted by molar-refractivity contribution is 7.88. The molecule has 0 saturated carbocycles. The summed E-state index contributed by atoms with van der Waals surface area (Å²) in [5, 5.41) is 4.26. The lowest BCUT2D eigenvalue weighted by Gasteiger charge is -2.35. The highest BCUT2D eigenvalue weighted by Crippen LogP contribution is 2.22. The van der Waals surface area contributed by atoms with Crippen molar-refractivity contribution >= 4 is 27.0 Å². The van der Waals surface area contributed by atoms with Gasteiger partial charge in [0.1, 0.15) is 0 Å². The van der Waals surface area contributed by atoms with E-state index in [1.807, 2.05) is 17.0 Å². The topological polar surface area (TPSA) is 94.3 Å². The van der Waals surface area contributed by atoms with Crippen LogP contribution in [0.5, 0.6) is 0 Å². The number of H-pyrrole nitrogens is 1. The average molecular weight is 407 g/mol. The lowest BCUT2D eigenvalue weighted by Crippen LogP contribution is -2.50. The van der Waals surface area contributed by atoms with Gasteiger partial charge in [0.15, 0.2) is 0 Å². The fourth-order valence-corrected chi connectivity index (χ4v) is 4.52. The van der Waals surface area contributed by atoms with Crippen molar-refractivity contribution in [3.63, 3.8) is 0 Å². The number of carbonyl (C=O) groups excluding carboxylic acids is 1. The van der Waals surface area contributed by atoms with Crippen molar-refractivity contribution in [3.05, 3.63) is 35.5 Å². The van der Waals surface area contributed by atoms with Gasteiger partial charge in [-0.15, -0.1) is 0 Å². The molecule has 1 saturated heterocycles. The maximum absolute atomic E-state index is 12.7. The molecular formula is C20H30N4O3S. The number of nitrogens with one attached hydrogen (secondary N) is 3. The van der Waals surface area contributed by atoms with Gasteiger partial charge < -0.3 is 15.2 Å². The number of rotatable bonds is 7. The van der Waals surface area contributed by atoms with Gasteiger partial charge >= 0.3 is 6.03 Å². The highest BCUT2D eigenvalue weighted by atomic mass is 32.2. The molecule has 1 aliphatic heterocycles. The lowest BCUT2D eigenvalue weighted by atomic mass is 10.00. The number of sulfonamides is 1. The predicted molar refractivity (Wildman–Crippen MR) is 112 cm³/mol. The molecule has 0 aliphatic carbocycles. The van der Waals surface area contributed by atoms with Crippen LogP contribution < -0.4 is 10.0 Å². The Balaban J connectivity index is 1.54. The van der Waals surface area contributed by atoms with E-state index < -0.39 is 10.0 Å². The maximum Gasteiger partial charge on any atom is 0.317 e. The van der Waals surface area contributed by atoms with Crippen molar-refractivity contribution < 1.29 is 13.2 Å². The minimum Gasteiger partial charge on any atom is -0.358 e. The summed E-state index contributed by atoms with van der Waals surface area (Å²) < 4.78 is 25.0. The van der Waals surface area contributed by atoms with E-state index in [9.17, 15) is 13.2 Å². The number of likely N-dealkylation sites (tertiary alicyclic amines) is 1. The largest absolute Gasteiger partial charge is 0.358 e. The fourth-order valence-electron chi connectivity index (χ4n) is 4.03. The Morgan fingerprint density at radius 1 is 1.25 bits per heavy atom. The molecule has 2 heterocycles. The molecule has 2 amide bonds. The molecule has 3 rings (SSSR count). The number of carbonyl (C=O) groups is 1. The second kappa shape index (κ2) is 8.96. The zero-order chi connectivity index (χ0) is 20.1. The Labute approximate surface area is 166 Å². The van der Waals surface area contributed by atoms with Crippen LogP contribution in [0.15, 0.2) is 24.3 Å². The molecule has 0 bridgehead atoms. The minimum atomic E-state index is -3.20. The lowest BCUT2D eigenvalue weighted by molar-refractivity contribution is 0.147. The first kappa shape index (κ1) is 20.7. The van der Waals surface area contributed by atoms with Crippen LogP contribution in [0.25, 0.3) is 10.9 Å². The smallest absolute Gasteiger partial charge is 0.317 e. The Morgan fingerprint density at radius 3 is 2.82 bits per heavy atom. The highest BCUT2D eigenvalue weighted by Gasteiger charge is 2.26. The van der Waals surface area contributed by atoms with E-state index in [4.69, 9.17) is 0 Å². The fraction of sp³-hybridized carbons (Fsp3) is 0.550. The van der Waals surface area contributed by atoms with Gasteiger partial charge in [-0.3, -0.25) is 0 Å². The zero-order valence-electron chi connectivity index (χ0n) is 16.6. The number of hydrogen-bond donors (Lipinski definition) is 3. The second-order valence-corrected chi connectivity index (χ2v) is 9.39. The van der Waals surface area contributed by atoms with E-state index >= 15 is 0 Å². The molecule has 3 N–H and O–H groups in total. The van der Waals surface area contributed by atoms with E-state index in [1.54, 1.807) is 0 Å². The summed E-state index contributed by atoms with van der Waals surface area (Å²) in [7, 11) is -3.20. The molecule has 8 heteroatoms. The van der Waals surface area contributed by atoms with Crippen LogP contribution in [0.4, 0.5) is 4.79 Å². The quantitative estimate of drug-likeness (QED) is 0.659. The van der Waals surface area contributed by atoms with Crippen LogP contribution in [-0.4, -0.2) is 56.3 Å². The van der Waals surface area contributed by atoms with Crippen molar-refractivity contribution in [2.75, 3.05) is 25.9 Å². The number of benzene rings is 1. The minimum absolute atomic E-state index is 0.0541. The molecule has 1 aliphatic rings. The molecule has 154 valence electrons. The van der Waals surface area contributed by atoms with Crippen LogP contribution in [0.3, 0.4) is 0 Å². The van der Waals surface area contributed by atoms with Gasteiger partial charge in [0, 0.05) is 42.3 Å². The number of urea groups is 1. The third-order valence-corrected chi connectivity index (χ3v) is 6.14. The first-order valence-electron chi connectivity index (χ1n) is 9.90.